The molecule has 0 heterocycles. The van der Waals surface area contributed by atoms with Crippen molar-refractivity contribution in [3.05, 3.63) is 0 Å². The van der Waals surface area contributed by atoms with Crippen LogP contribution in [0, 0.1) is 5.92 Å². The number of nitrogens with one attached hydrogen (secondary N) is 3. The zero-order chi connectivity index (χ0) is 21.0. The molecule has 3 amide bonds. The number of carboxylic acids is 1. The minimum Gasteiger partial charge on any atom is -0.480 e. The first-order valence-corrected chi connectivity index (χ1v) is 9.97. The van der Waals surface area contributed by atoms with Gasteiger partial charge in [-0.05, 0) is 30.8 Å². The number of carboxylic acid groups (broad SMARTS) is 1. The highest BCUT2D eigenvalue weighted by Gasteiger charge is 2.28. The Balaban J connectivity index is 4.91. The van der Waals surface area contributed by atoms with Crippen molar-refractivity contribution in [2.75, 3.05) is 25.2 Å². The highest BCUT2D eigenvalue weighted by atomic mass is 32.2. The van der Waals surface area contributed by atoms with Gasteiger partial charge < -0.3 is 31.9 Å². The summed E-state index contributed by atoms with van der Waals surface area (Å²) in [6.07, 6.45) is 2.55. The molecule has 0 aromatic heterocycles. The SMILES string of the molecule is CSCCC(N)C(=O)NC(CO)C(=O)NC(CC(C)C)C(=O)NCC(=O)O. The summed E-state index contributed by atoms with van der Waals surface area (Å²) in [5.41, 5.74) is 5.73. The lowest BCUT2D eigenvalue weighted by Gasteiger charge is -2.24. The molecule has 27 heavy (non-hydrogen) atoms. The van der Waals surface area contributed by atoms with Gasteiger partial charge in [-0.1, -0.05) is 13.8 Å². The number of amides is 3. The first-order chi connectivity index (χ1) is 12.6. The standard InChI is InChI=1S/C16H30N4O6S/c1-9(2)6-11(15(25)18-7-13(22)23)19-16(26)12(8-21)20-14(24)10(17)4-5-27-3/h9-12,21H,4-8,17H2,1-3H3,(H,18,25)(H,19,26)(H,20,24)(H,22,23). The molecule has 0 aliphatic carbocycles. The second-order valence-electron chi connectivity index (χ2n) is 6.43. The van der Waals surface area contributed by atoms with E-state index in [0.29, 0.717) is 12.2 Å². The van der Waals surface area contributed by atoms with Crippen molar-refractivity contribution in [2.45, 2.75) is 44.8 Å². The summed E-state index contributed by atoms with van der Waals surface area (Å²) >= 11 is 1.53. The summed E-state index contributed by atoms with van der Waals surface area (Å²) in [6.45, 7) is 2.42. The largest absolute Gasteiger partial charge is 0.480 e. The molecule has 0 aromatic rings. The number of rotatable bonds is 13. The van der Waals surface area contributed by atoms with Gasteiger partial charge in [-0.2, -0.15) is 11.8 Å². The maximum Gasteiger partial charge on any atom is 0.322 e. The maximum atomic E-state index is 12.4. The molecule has 0 saturated heterocycles. The number of carbonyl (C=O) groups excluding carboxylic acids is 3. The number of aliphatic carboxylic acids is 1. The highest BCUT2D eigenvalue weighted by Crippen LogP contribution is 2.06. The lowest BCUT2D eigenvalue weighted by molar-refractivity contribution is -0.138. The number of carbonyl (C=O) groups is 4. The molecular weight excluding hydrogens is 376 g/mol. The fourth-order valence-electron chi connectivity index (χ4n) is 2.11. The molecule has 3 atom stereocenters. The van der Waals surface area contributed by atoms with Gasteiger partial charge in [0.05, 0.1) is 12.6 Å². The summed E-state index contributed by atoms with van der Waals surface area (Å²) in [5.74, 6) is -2.48. The quantitative estimate of drug-likeness (QED) is 0.210. The molecule has 156 valence electrons. The molecule has 0 spiro atoms. The molecule has 0 aliphatic heterocycles. The highest BCUT2D eigenvalue weighted by molar-refractivity contribution is 7.98. The zero-order valence-electron chi connectivity index (χ0n) is 15.9. The Kier molecular flexibility index (Phi) is 12.4. The number of nitrogens with two attached hydrogens (primary N) is 1. The molecule has 0 fully saturated rings. The second kappa shape index (κ2) is 13.3. The Morgan fingerprint density at radius 1 is 1.04 bits per heavy atom. The van der Waals surface area contributed by atoms with Crippen LogP contribution in [-0.2, 0) is 19.2 Å². The average Bonchev–Trinajstić information content (AvgIpc) is 2.60. The normalized spacial score (nSPS) is 14.1. The van der Waals surface area contributed by atoms with E-state index >= 15 is 0 Å². The van der Waals surface area contributed by atoms with Crippen LogP contribution in [0.25, 0.3) is 0 Å². The van der Waals surface area contributed by atoms with Gasteiger partial charge >= 0.3 is 5.97 Å². The van der Waals surface area contributed by atoms with Crippen LogP contribution in [0.5, 0.6) is 0 Å². The van der Waals surface area contributed by atoms with Crippen LogP contribution in [0.15, 0.2) is 0 Å². The number of aliphatic hydroxyl groups is 1. The molecule has 11 heteroatoms. The van der Waals surface area contributed by atoms with Crippen LogP contribution in [0.2, 0.25) is 0 Å². The summed E-state index contributed by atoms with van der Waals surface area (Å²) < 4.78 is 0. The Labute approximate surface area is 163 Å². The van der Waals surface area contributed by atoms with E-state index in [2.05, 4.69) is 16.0 Å². The predicted molar refractivity (Wildman–Crippen MR) is 102 cm³/mol. The molecule has 0 radical (unpaired) electrons. The van der Waals surface area contributed by atoms with E-state index in [0.717, 1.165) is 0 Å². The summed E-state index contributed by atoms with van der Waals surface area (Å²) in [5, 5.41) is 25.1. The van der Waals surface area contributed by atoms with Gasteiger partial charge in [0.25, 0.3) is 0 Å². The summed E-state index contributed by atoms with van der Waals surface area (Å²) in [4.78, 5) is 47.1. The molecular formula is C16H30N4O6S. The molecule has 0 aliphatic rings. The third kappa shape index (κ3) is 10.8. The maximum absolute atomic E-state index is 12.4. The van der Waals surface area contributed by atoms with Crippen molar-refractivity contribution in [3.63, 3.8) is 0 Å². The monoisotopic (exact) mass is 406 g/mol. The topological polar surface area (TPSA) is 171 Å². The van der Waals surface area contributed by atoms with Crippen LogP contribution in [0.1, 0.15) is 26.7 Å². The van der Waals surface area contributed by atoms with Crippen molar-refractivity contribution in [2.24, 2.45) is 11.7 Å². The van der Waals surface area contributed by atoms with Crippen molar-refractivity contribution >= 4 is 35.5 Å². The van der Waals surface area contributed by atoms with Gasteiger partial charge in [0.15, 0.2) is 0 Å². The second-order valence-corrected chi connectivity index (χ2v) is 7.42. The van der Waals surface area contributed by atoms with Crippen molar-refractivity contribution in [3.8, 4) is 0 Å². The molecule has 10 nitrogen and oxygen atoms in total. The van der Waals surface area contributed by atoms with E-state index < -0.39 is 55.0 Å². The van der Waals surface area contributed by atoms with Gasteiger partial charge in [-0.15, -0.1) is 0 Å². The van der Waals surface area contributed by atoms with E-state index in [-0.39, 0.29) is 12.3 Å². The van der Waals surface area contributed by atoms with E-state index in [1.165, 1.54) is 11.8 Å². The van der Waals surface area contributed by atoms with Crippen LogP contribution in [-0.4, -0.2) is 77.2 Å². The zero-order valence-corrected chi connectivity index (χ0v) is 16.7. The summed E-state index contributed by atoms with van der Waals surface area (Å²) in [6, 6.07) is -3.07. The van der Waals surface area contributed by atoms with Crippen LogP contribution < -0.4 is 21.7 Å². The number of hydrogen-bond acceptors (Lipinski definition) is 7. The minimum absolute atomic E-state index is 0.0352. The molecule has 0 saturated carbocycles. The fourth-order valence-corrected chi connectivity index (χ4v) is 2.60. The smallest absolute Gasteiger partial charge is 0.322 e. The van der Waals surface area contributed by atoms with Crippen LogP contribution >= 0.6 is 11.8 Å². The lowest BCUT2D eigenvalue weighted by atomic mass is 10.0. The lowest BCUT2D eigenvalue weighted by Crippen LogP contribution is -2.57. The predicted octanol–water partition coefficient (Wildman–Crippen LogP) is -1.72. The van der Waals surface area contributed by atoms with Crippen molar-refractivity contribution in [1.29, 1.82) is 0 Å². The Morgan fingerprint density at radius 2 is 1.63 bits per heavy atom. The van der Waals surface area contributed by atoms with Crippen molar-refractivity contribution < 1.29 is 29.4 Å². The van der Waals surface area contributed by atoms with E-state index in [4.69, 9.17) is 10.8 Å². The van der Waals surface area contributed by atoms with E-state index in [1.54, 1.807) is 0 Å². The summed E-state index contributed by atoms with van der Waals surface area (Å²) in [7, 11) is 0. The van der Waals surface area contributed by atoms with Gasteiger partial charge in [0.2, 0.25) is 17.7 Å². The van der Waals surface area contributed by atoms with Crippen LogP contribution in [0.4, 0.5) is 0 Å². The molecule has 0 bridgehead atoms. The molecule has 0 rings (SSSR count). The van der Waals surface area contributed by atoms with E-state index in [9.17, 15) is 24.3 Å². The third-order valence-corrected chi connectivity index (χ3v) is 4.18. The Hall–Kier alpha value is -1.85. The first kappa shape index (κ1) is 25.1. The third-order valence-electron chi connectivity index (χ3n) is 3.54. The Morgan fingerprint density at radius 3 is 2.11 bits per heavy atom. The molecule has 3 unspecified atom stereocenters. The molecule has 7 N–H and O–H groups in total. The number of aliphatic hydroxyl groups excluding tert-OH is 1. The average molecular weight is 407 g/mol. The van der Waals surface area contributed by atoms with E-state index in [1.807, 2.05) is 20.1 Å². The fraction of sp³-hybridized carbons (Fsp3) is 0.750. The van der Waals surface area contributed by atoms with Gasteiger partial charge in [0.1, 0.15) is 18.6 Å². The van der Waals surface area contributed by atoms with Gasteiger partial charge in [-0.3, -0.25) is 19.2 Å². The van der Waals surface area contributed by atoms with Gasteiger partial charge in [0, 0.05) is 0 Å². The van der Waals surface area contributed by atoms with Gasteiger partial charge in [-0.25, -0.2) is 0 Å². The molecule has 0 aromatic carbocycles. The Bertz CT molecular complexity index is 517. The first-order valence-electron chi connectivity index (χ1n) is 8.57. The van der Waals surface area contributed by atoms with Crippen LogP contribution in [0.3, 0.4) is 0 Å². The number of thioether (sulfide) groups is 1. The minimum atomic E-state index is -1.26. The number of hydrogen-bond donors (Lipinski definition) is 6. The van der Waals surface area contributed by atoms with Crippen molar-refractivity contribution in [1.82, 2.24) is 16.0 Å².